The molecule has 2 aromatic carbocycles. The van der Waals surface area contributed by atoms with E-state index >= 15 is 0 Å². The first-order valence-electron chi connectivity index (χ1n) is 8.40. The summed E-state index contributed by atoms with van der Waals surface area (Å²) in [6, 6.07) is 10.8. The van der Waals surface area contributed by atoms with E-state index < -0.39 is 11.6 Å². The average molecular weight is 388 g/mol. The second-order valence-electron chi connectivity index (χ2n) is 5.82. The van der Waals surface area contributed by atoms with Crippen molar-refractivity contribution in [1.82, 2.24) is 4.98 Å². The van der Waals surface area contributed by atoms with Gasteiger partial charge in [0.15, 0.2) is 16.7 Å². The molecule has 0 saturated carbocycles. The highest BCUT2D eigenvalue weighted by Gasteiger charge is 2.20. The number of rotatable bonds is 6. The molecule has 3 aromatic rings. The molecule has 0 aliphatic heterocycles. The number of aryl methyl sites for hydroxylation is 1. The van der Waals surface area contributed by atoms with E-state index in [4.69, 9.17) is 4.74 Å². The quantitative estimate of drug-likeness (QED) is 0.579. The highest BCUT2D eigenvalue weighted by Crippen LogP contribution is 2.32. The number of nitrogens with zero attached hydrogens (tertiary/aromatic N) is 2. The third kappa shape index (κ3) is 4.31. The number of thiazole rings is 1. The van der Waals surface area contributed by atoms with E-state index in [0.29, 0.717) is 10.8 Å². The minimum Gasteiger partial charge on any atom is -0.484 e. The molecule has 0 saturated heterocycles. The van der Waals surface area contributed by atoms with Crippen LogP contribution in [-0.2, 0) is 17.8 Å². The van der Waals surface area contributed by atoms with Crippen molar-refractivity contribution in [2.45, 2.75) is 26.9 Å². The molecule has 0 atom stereocenters. The van der Waals surface area contributed by atoms with Gasteiger partial charge in [-0.2, -0.15) is 0 Å². The summed E-state index contributed by atoms with van der Waals surface area (Å²) in [5.41, 5.74) is 2.38. The van der Waals surface area contributed by atoms with E-state index in [-0.39, 0.29) is 18.3 Å². The van der Waals surface area contributed by atoms with Crippen molar-refractivity contribution < 1.29 is 18.3 Å². The summed E-state index contributed by atoms with van der Waals surface area (Å²) in [6.45, 7) is 3.52. The van der Waals surface area contributed by atoms with Gasteiger partial charge in [-0.1, -0.05) is 25.1 Å². The van der Waals surface area contributed by atoms with Gasteiger partial charge in [0.2, 0.25) is 5.91 Å². The molecule has 0 spiro atoms. The molecule has 140 valence electrons. The number of amides is 1. The highest BCUT2D eigenvalue weighted by molar-refractivity contribution is 7.14. The Morgan fingerprint density at radius 3 is 2.70 bits per heavy atom. The summed E-state index contributed by atoms with van der Waals surface area (Å²) in [7, 11) is 0. The Labute approximate surface area is 160 Å². The predicted molar refractivity (Wildman–Crippen MR) is 101 cm³/mol. The van der Waals surface area contributed by atoms with Crippen molar-refractivity contribution in [2.75, 3.05) is 4.90 Å². The Morgan fingerprint density at radius 2 is 2.00 bits per heavy atom. The summed E-state index contributed by atoms with van der Waals surface area (Å²) in [4.78, 5) is 18.3. The molecular weight excluding hydrogens is 370 g/mol. The van der Waals surface area contributed by atoms with Crippen molar-refractivity contribution in [1.29, 1.82) is 0 Å². The lowest BCUT2D eigenvalue weighted by Gasteiger charge is -2.20. The van der Waals surface area contributed by atoms with E-state index in [1.54, 1.807) is 10.3 Å². The van der Waals surface area contributed by atoms with E-state index in [0.717, 1.165) is 29.8 Å². The monoisotopic (exact) mass is 388 g/mol. The van der Waals surface area contributed by atoms with E-state index in [9.17, 15) is 13.6 Å². The lowest BCUT2D eigenvalue weighted by atomic mass is 10.1. The van der Waals surface area contributed by atoms with Crippen LogP contribution in [0.1, 0.15) is 25.1 Å². The fourth-order valence-corrected chi connectivity index (χ4v) is 3.51. The van der Waals surface area contributed by atoms with E-state index in [2.05, 4.69) is 4.98 Å². The van der Waals surface area contributed by atoms with E-state index in [1.807, 2.05) is 31.2 Å². The third-order valence-electron chi connectivity index (χ3n) is 3.93. The molecule has 0 unspecified atom stereocenters. The first-order chi connectivity index (χ1) is 13.0. The maximum atomic E-state index is 13.7. The van der Waals surface area contributed by atoms with Crippen LogP contribution in [-0.4, -0.2) is 10.9 Å². The second kappa shape index (κ2) is 8.26. The number of ether oxygens (including phenoxy) is 1. The number of carbonyl (C=O) groups is 1. The van der Waals surface area contributed by atoms with Crippen LogP contribution in [0, 0.1) is 11.6 Å². The molecule has 27 heavy (non-hydrogen) atoms. The summed E-state index contributed by atoms with van der Waals surface area (Å²) in [6.07, 6.45) is 0.783. The van der Waals surface area contributed by atoms with Gasteiger partial charge in [-0.05, 0) is 30.2 Å². The number of halogens is 2. The maximum Gasteiger partial charge on any atom is 0.230 e. The first-order valence-corrected chi connectivity index (χ1v) is 9.28. The molecular formula is C20H18F2N2O2S. The Morgan fingerprint density at radius 1 is 1.22 bits per heavy atom. The van der Waals surface area contributed by atoms with Gasteiger partial charge >= 0.3 is 0 Å². The van der Waals surface area contributed by atoms with Crippen LogP contribution in [0.5, 0.6) is 5.75 Å². The minimum absolute atomic E-state index is 0.0141. The fourth-order valence-electron chi connectivity index (χ4n) is 2.64. The van der Waals surface area contributed by atoms with Gasteiger partial charge in [0.25, 0.3) is 0 Å². The second-order valence-corrected chi connectivity index (χ2v) is 6.66. The van der Waals surface area contributed by atoms with Gasteiger partial charge in [0, 0.05) is 18.4 Å². The summed E-state index contributed by atoms with van der Waals surface area (Å²) >= 11 is 1.30. The van der Waals surface area contributed by atoms with Crippen LogP contribution < -0.4 is 9.64 Å². The Kier molecular flexibility index (Phi) is 5.81. The first kappa shape index (κ1) is 19.0. The molecule has 0 aliphatic rings. The van der Waals surface area contributed by atoms with Crippen molar-refractivity contribution in [3.8, 4) is 5.75 Å². The van der Waals surface area contributed by atoms with Crippen molar-refractivity contribution >= 4 is 28.1 Å². The number of benzene rings is 2. The molecule has 1 aromatic heterocycles. The number of anilines is 2. The Hall–Kier alpha value is -2.80. The standard InChI is InChI=1S/C20H18F2N2O2S/c1-3-14-6-4-5-7-18(14)24(13(2)25)20-23-16(12-27-20)11-26-19-9-8-15(21)10-17(19)22/h4-10,12H,3,11H2,1-2H3. The third-order valence-corrected chi connectivity index (χ3v) is 4.80. The van der Waals surface area contributed by atoms with Gasteiger partial charge < -0.3 is 4.74 Å². The molecule has 0 bridgehead atoms. The Balaban J connectivity index is 1.81. The summed E-state index contributed by atoms with van der Waals surface area (Å²) in [5, 5.41) is 2.27. The molecule has 4 nitrogen and oxygen atoms in total. The van der Waals surface area contributed by atoms with Gasteiger partial charge in [0.05, 0.1) is 11.4 Å². The molecule has 0 fully saturated rings. The molecule has 1 heterocycles. The average Bonchev–Trinajstić information content (AvgIpc) is 3.09. The number of hydrogen-bond acceptors (Lipinski definition) is 4. The van der Waals surface area contributed by atoms with Crippen LogP contribution in [0.3, 0.4) is 0 Å². The van der Waals surface area contributed by atoms with Gasteiger partial charge in [-0.25, -0.2) is 13.8 Å². The number of carbonyl (C=O) groups excluding carboxylic acids is 1. The molecule has 0 radical (unpaired) electrons. The van der Waals surface area contributed by atoms with Crippen LogP contribution >= 0.6 is 11.3 Å². The molecule has 0 aliphatic carbocycles. The predicted octanol–water partition coefficient (Wildman–Crippen LogP) is 5.25. The smallest absolute Gasteiger partial charge is 0.230 e. The maximum absolute atomic E-state index is 13.7. The summed E-state index contributed by atoms with van der Waals surface area (Å²) < 4.78 is 32.0. The van der Waals surface area contributed by atoms with Crippen molar-refractivity contribution in [3.05, 3.63) is 70.7 Å². The zero-order chi connectivity index (χ0) is 19.4. The fraction of sp³-hybridized carbons (Fsp3) is 0.200. The van der Waals surface area contributed by atoms with E-state index in [1.165, 1.54) is 24.3 Å². The lowest BCUT2D eigenvalue weighted by Crippen LogP contribution is -2.23. The van der Waals surface area contributed by atoms with Crippen LogP contribution in [0.2, 0.25) is 0 Å². The largest absolute Gasteiger partial charge is 0.484 e. The molecule has 7 heteroatoms. The number of hydrogen-bond donors (Lipinski definition) is 0. The zero-order valence-corrected chi connectivity index (χ0v) is 15.7. The van der Waals surface area contributed by atoms with Gasteiger partial charge in [-0.15, -0.1) is 11.3 Å². The number of para-hydroxylation sites is 1. The molecule has 0 N–H and O–H groups in total. The van der Waals surface area contributed by atoms with Gasteiger partial charge in [0.1, 0.15) is 12.4 Å². The van der Waals surface area contributed by atoms with Crippen molar-refractivity contribution in [3.63, 3.8) is 0 Å². The highest BCUT2D eigenvalue weighted by atomic mass is 32.1. The van der Waals surface area contributed by atoms with Crippen LogP contribution in [0.15, 0.2) is 47.8 Å². The lowest BCUT2D eigenvalue weighted by molar-refractivity contribution is -0.115. The SMILES string of the molecule is CCc1ccccc1N(C(C)=O)c1nc(COc2ccc(F)cc2F)cs1. The number of aromatic nitrogens is 1. The topological polar surface area (TPSA) is 42.4 Å². The summed E-state index contributed by atoms with van der Waals surface area (Å²) in [5.74, 6) is -1.64. The zero-order valence-electron chi connectivity index (χ0n) is 14.9. The van der Waals surface area contributed by atoms with Crippen molar-refractivity contribution in [2.24, 2.45) is 0 Å². The molecule has 3 rings (SSSR count). The Bertz CT molecular complexity index is 959. The van der Waals surface area contributed by atoms with Crippen LogP contribution in [0.4, 0.5) is 19.6 Å². The molecule has 1 amide bonds. The van der Waals surface area contributed by atoms with Gasteiger partial charge in [-0.3, -0.25) is 9.69 Å². The normalized spacial score (nSPS) is 10.7. The minimum atomic E-state index is -0.771. The van der Waals surface area contributed by atoms with Crippen LogP contribution in [0.25, 0.3) is 0 Å².